The van der Waals surface area contributed by atoms with Crippen LogP contribution < -0.4 is 11.0 Å². The zero-order chi connectivity index (χ0) is 27.5. The van der Waals surface area contributed by atoms with E-state index in [1.54, 1.807) is 54.1 Å². The minimum atomic E-state index is -0.692. The van der Waals surface area contributed by atoms with Crippen LogP contribution in [0.1, 0.15) is 41.3 Å². The molecule has 10 heteroatoms. The average Bonchev–Trinajstić information content (AvgIpc) is 3.44. The molecule has 9 nitrogen and oxygen atoms in total. The number of pyridine rings is 2. The summed E-state index contributed by atoms with van der Waals surface area (Å²) >= 11 is 5.95. The van der Waals surface area contributed by atoms with Gasteiger partial charge >= 0.3 is 5.97 Å². The fourth-order valence-corrected chi connectivity index (χ4v) is 4.74. The van der Waals surface area contributed by atoms with Crippen molar-refractivity contribution in [3.63, 3.8) is 0 Å². The van der Waals surface area contributed by atoms with E-state index in [0.29, 0.717) is 22.9 Å². The van der Waals surface area contributed by atoms with Crippen LogP contribution in [0.4, 0.5) is 0 Å². The van der Waals surface area contributed by atoms with Crippen molar-refractivity contribution >= 4 is 46.2 Å². The lowest BCUT2D eigenvalue weighted by Crippen LogP contribution is -2.35. The summed E-state index contributed by atoms with van der Waals surface area (Å²) < 4.78 is 14.2. The van der Waals surface area contributed by atoms with E-state index in [2.05, 4.69) is 4.99 Å². The van der Waals surface area contributed by atoms with Crippen molar-refractivity contribution < 1.29 is 19.1 Å². The topological polar surface area (TPSA) is 104 Å². The van der Waals surface area contributed by atoms with Crippen molar-refractivity contribution in [2.75, 3.05) is 13.2 Å². The number of hydrogen-bond acceptors (Lipinski definition) is 6. The van der Waals surface area contributed by atoms with Crippen LogP contribution in [0.3, 0.4) is 0 Å². The molecule has 1 amide bonds. The lowest BCUT2D eigenvalue weighted by atomic mass is 10.1. The van der Waals surface area contributed by atoms with E-state index in [1.807, 2.05) is 13.0 Å². The van der Waals surface area contributed by atoms with E-state index in [-0.39, 0.29) is 41.3 Å². The van der Waals surface area contributed by atoms with Gasteiger partial charge in [0.25, 0.3) is 11.5 Å². The number of aromatic nitrogens is 3. The van der Waals surface area contributed by atoms with Gasteiger partial charge in [0, 0.05) is 23.9 Å². The van der Waals surface area contributed by atoms with Crippen LogP contribution in [-0.4, -0.2) is 45.1 Å². The quantitative estimate of drug-likeness (QED) is 0.205. The van der Waals surface area contributed by atoms with Gasteiger partial charge in [-0.15, -0.1) is 0 Å². The zero-order valence-electron chi connectivity index (χ0n) is 21.6. The van der Waals surface area contributed by atoms with Gasteiger partial charge in [0.05, 0.1) is 24.6 Å². The molecule has 1 fully saturated rings. The number of amides is 1. The molecule has 0 aliphatic carbocycles. The first-order valence-corrected chi connectivity index (χ1v) is 13.1. The highest BCUT2D eigenvalue weighted by atomic mass is 35.5. The van der Waals surface area contributed by atoms with Crippen molar-refractivity contribution in [1.82, 2.24) is 14.0 Å². The molecule has 1 aliphatic heterocycles. The Hall–Kier alpha value is -4.08. The molecular formula is C29H27ClN4O5. The summed E-state index contributed by atoms with van der Waals surface area (Å²) in [6, 6.07) is 12.0. The van der Waals surface area contributed by atoms with Crippen molar-refractivity contribution in [2.24, 2.45) is 4.99 Å². The first kappa shape index (κ1) is 26.5. The molecule has 39 heavy (non-hydrogen) atoms. The van der Waals surface area contributed by atoms with E-state index >= 15 is 0 Å². The minimum absolute atomic E-state index is 0.00194. The molecule has 1 saturated heterocycles. The number of fused-ring (bicyclic) bond motifs is 2. The smallest absolute Gasteiger partial charge is 0.341 e. The number of benzene rings is 1. The van der Waals surface area contributed by atoms with Crippen LogP contribution in [0.25, 0.3) is 22.8 Å². The van der Waals surface area contributed by atoms with Crippen LogP contribution in [0.15, 0.2) is 64.5 Å². The molecule has 0 N–H and O–H groups in total. The number of nitrogens with zero attached hydrogens (tertiary/aromatic N) is 4. The second kappa shape index (κ2) is 11.3. The predicted molar refractivity (Wildman–Crippen MR) is 148 cm³/mol. The average molecular weight is 547 g/mol. The SMILES string of the molecule is CCOC(=O)c1cc2c(=O)n3cccc(C)c3nc2n(C[C@@H]2CCCO2)c1=NC(=O)/C=C/c1ccc(Cl)cc1. The van der Waals surface area contributed by atoms with Gasteiger partial charge in [0.1, 0.15) is 16.9 Å². The Bertz CT molecular complexity index is 1730. The van der Waals surface area contributed by atoms with Gasteiger partial charge in [0.15, 0.2) is 5.49 Å². The predicted octanol–water partition coefficient (Wildman–Crippen LogP) is 4.11. The fourth-order valence-electron chi connectivity index (χ4n) is 4.61. The highest BCUT2D eigenvalue weighted by molar-refractivity contribution is 6.30. The number of rotatable bonds is 6. The van der Waals surface area contributed by atoms with Crippen LogP contribution in [-0.2, 0) is 20.8 Å². The second-order valence-electron chi connectivity index (χ2n) is 9.22. The largest absolute Gasteiger partial charge is 0.462 e. The first-order valence-electron chi connectivity index (χ1n) is 12.7. The molecule has 200 valence electrons. The molecule has 0 spiro atoms. The fraction of sp³-hybridized carbons (Fsp3) is 0.276. The van der Waals surface area contributed by atoms with Gasteiger partial charge in [-0.1, -0.05) is 29.8 Å². The highest BCUT2D eigenvalue weighted by Gasteiger charge is 2.23. The van der Waals surface area contributed by atoms with Crippen LogP contribution in [0.2, 0.25) is 5.02 Å². The number of carbonyl (C=O) groups excluding carboxylic acids is 2. The summed E-state index contributed by atoms with van der Waals surface area (Å²) in [6.07, 6.45) is 6.03. The van der Waals surface area contributed by atoms with Crippen molar-refractivity contribution in [1.29, 1.82) is 0 Å². The number of aryl methyl sites for hydroxylation is 1. The Morgan fingerprint density at radius 3 is 2.74 bits per heavy atom. The molecule has 3 aromatic heterocycles. The normalized spacial score (nSPS) is 16.0. The summed E-state index contributed by atoms with van der Waals surface area (Å²) in [7, 11) is 0. The molecule has 1 aliphatic rings. The van der Waals surface area contributed by atoms with Crippen molar-refractivity contribution in [3.8, 4) is 0 Å². The molecule has 4 aromatic rings. The van der Waals surface area contributed by atoms with E-state index in [0.717, 1.165) is 24.0 Å². The summed E-state index contributed by atoms with van der Waals surface area (Å²) in [4.78, 5) is 48.9. The van der Waals surface area contributed by atoms with Gasteiger partial charge in [0.2, 0.25) is 0 Å². The van der Waals surface area contributed by atoms with E-state index in [4.69, 9.17) is 26.1 Å². The Morgan fingerprint density at radius 1 is 1.23 bits per heavy atom. The third-order valence-electron chi connectivity index (χ3n) is 6.52. The van der Waals surface area contributed by atoms with E-state index in [9.17, 15) is 14.4 Å². The number of esters is 1. The van der Waals surface area contributed by atoms with Crippen LogP contribution >= 0.6 is 11.6 Å². The van der Waals surface area contributed by atoms with Crippen molar-refractivity contribution in [2.45, 2.75) is 39.3 Å². The third kappa shape index (κ3) is 5.55. The highest BCUT2D eigenvalue weighted by Crippen LogP contribution is 2.18. The van der Waals surface area contributed by atoms with Gasteiger partial charge in [-0.3, -0.25) is 14.0 Å². The molecular weight excluding hydrogens is 520 g/mol. The Morgan fingerprint density at radius 2 is 2.03 bits per heavy atom. The lowest BCUT2D eigenvalue weighted by Gasteiger charge is -2.18. The van der Waals surface area contributed by atoms with Gasteiger partial charge in [-0.25, -0.2) is 9.78 Å². The maximum Gasteiger partial charge on any atom is 0.341 e. The summed E-state index contributed by atoms with van der Waals surface area (Å²) in [6.45, 7) is 4.52. The number of ether oxygens (including phenoxy) is 2. The Labute approximate surface area is 229 Å². The standard InChI is InChI=1S/C29H27ClN4O5/c1-3-38-29(37)23-16-22-26(32-25-18(2)6-4-14-33(25)28(22)36)34(17-21-7-5-15-39-21)27(23)31-24(35)13-10-19-8-11-20(30)12-9-19/h4,6,8-14,16,21H,3,5,7,15,17H2,1-2H3/b13-10+,31-27?/t21-/m0/s1. The van der Waals surface area contributed by atoms with Crippen LogP contribution in [0.5, 0.6) is 0 Å². The van der Waals surface area contributed by atoms with E-state index in [1.165, 1.54) is 16.5 Å². The summed E-state index contributed by atoms with van der Waals surface area (Å²) in [5.74, 6) is -1.29. The summed E-state index contributed by atoms with van der Waals surface area (Å²) in [5.41, 5.74) is 2.07. The molecule has 0 bridgehead atoms. The van der Waals surface area contributed by atoms with Gasteiger partial charge < -0.3 is 14.0 Å². The van der Waals surface area contributed by atoms with Gasteiger partial charge in [-0.2, -0.15) is 4.99 Å². The summed E-state index contributed by atoms with van der Waals surface area (Å²) in [5, 5.41) is 0.794. The number of carbonyl (C=O) groups is 2. The molecule has 0 saturated carbocycles. The van der Waals surface area contributed by atoms with E-state index < -0.39 is 11.9 Å². The first-order chi connectivity index (χ1) is 18.9. The maximum absolute atomic E-state index is 13.6. The van der Waals surface area contributed by atoms with Gasteiger partial charge in [-0.05, 0) is 68.2 Å². The number of halogens is 1. The molecule has 0 unspecified atom stereocenters. The monoisotopic (exact) mass is 546 g/mol. The lowest BCUT2D eigenvalue weighted by molar-refractivity contribution is -0.113. The zero-order valence-corrected chi connectivity index (χ0v) is 22.4. The number of hydrogen-bond donors (Lipinski definition) is 0. The second-order valence-corrected chi connectivity index (χ2v) is 9.66. The molecule has 0 radical (unpaired) electrons. The minimum Gasteiger partial charge on any atom is -0.462 e. The molecule has 1 atom stereocenters. The molecule has 5 rings (SSSR count). The third-order valence-corrected chi connectivity index (χ3v) is 6.77. The Kier molecular flexibility index (Phi) is 7.72. The maximum atomic E-state index is 13.6. The Balaban J connectivity index is 1.78. The van der Waals surface area contributed by atoms with Crippen molar-refractivity contribution in [3.05, 3.63) is 92.3 Å². The molecule has 1 aromatic carbocycles. The van der Waals surface area contributed by atoms with Crippen LogP contribution in [0, 0.1) is 6.92 Å². The molecule has 4 heterocycles.